The molecule has 2 heterocycles. The van der Waals surface area contributed by atoms with Gasteiger partial charge in [-0.2, -0.15) is 0 Å². The van der Waals surface area contributed by atoms with Crippen molar-refractivity contribution in [1.29, 1.82) is 0 Å². The van der Waals surface area contributed by atoms with E-state index >= 15 is 0 Å². The van der Waals surface area contributed by atoms with Crippen LogP contribution in [0.5, 0.6) is 5.75 Å². The fourth-order valence-corrected chi connectivity index (χ4v) is 7.39. The highest BCUT2D eigenvalue weighted by atomic mass is 16.5. The van der Waals surface area contributed by atoms with Crippen molar-refractivity contribution >= 4 is 29.5 Å². The molecule has 1 aliphatic carbocycles. The van der Waals surface area contributed by atoms with Crippen LogP contribution >= 0.6 is 0 Å². The first-order valence-electron chi connectivity index (χ1n) is 16.9. The maximum absolute atomic E-state index is 14.2. The summed E-state index contributed by atoms with van der Waals surface area (Å²) in [6.07, 6.45) is 1.43. The standard InChI is InChI=1S/C37H48N4O7/c1-8-37(48-27-18-17-23(3)20-24(27)4)33(45)39-36(37)19-13-16-26(21-36)38-30(43)28(29(42)35(5,6)7)41-31(44)32(47-9-2)40(34(41)46)22-25-14-11-10-12-15-25/h10-12,14-15,17-18,20,26,28,32H,8-9,13,16,19,21-22H2,1-7H3,(H,38,43)(H,39,45). The summed E-state index contributed by atoms with van der Waals surface area (Å²) in [5.74, 6) is -1.63. The number of amides is 5. The lowest BCUT2D eigenvalue weighted by atomic mass is 9.61. The topological polar surface area (TPSA) is 134 Å². The Bertz CT molecular complexity index is 1590. The smallest absolute Gasteiger partial charge is 0.330 e. The molecule has 11 nitrogen and oxygen atoms in total. The lowest BCUT2D eigenvalue weighted by Crippen LogP contribution is -2.84. The average Bonchev–Trinajstić information content (AvgIpc) is 3.25. The van der Waals surface area contributed by atoms with Crippen molar-refractivity contribution in [3.63, 3.8) is 0 Å². The molecule has 5 rings (SSSR count). The predicted octanol–water partition coefficient (Wildman–Crippen LogP) is 4.57. The number of hydrogen-bond acceptors (Lipinski definition) is 7. The first kappa shape index (κ1) is 35.1. The molecule has 2 aromatic rings. The largest absolute Gasteiger partial charge is 0.475 e. The number of ether oxygens (including phenoxy) is 2. The number of hydrogen-bond donors (Lipinski definition) is 2. The first-order valence-corrected chi connectivity index (χ1v) is 16.9. The van der Waals surface area contributed by atoms with Crippen LogP contribution in [0.1, 0.15) is 83.4 Å². The van der Waals surface area contributed by atoms with Crippen molar-refractivity contribution in [1.82, 2.24) is 20.4 Å². The molecule has 48 heavy (non-hydrogen) atoms. The fourth-order valence-electron chi connectivity index (χ4n) is 7.39. The van der Waals surface area contributed by atoms with Gasteiger partial charge < -0.3 is 20.1 Å². The SMILES string of the molecule is CCOC1C(=O)N(C(C(=O)NC2CCCC3(C2)NC(=O)C3(CC)Oc2ccc(C)cc2C)C(=O)C(C)(C)C)C(=O)N1Cc1ccccc1. The van der Waals surface area contributed by atoms with E-state index in [0.29, 0.717) is 37.9 Å². The predicted molar refractivity (Wildman–Crippen MR) is 179 cm³/mol. The molecule has 2 saturated heterocycles. The molecule has 258 valence electrons. The van der Waals surface area contributed by atoms with Crippen LogP contribution in [0.3, 0.4) is 0 Å². The van der Waals surface area contributed by atoms with Gasteiger partial charge in [-0.25, -0.2) is 9.69 Å². The number of ketones is 1. The zero-order valence-electron chi connectivity index (χ0n) is 29.1. The second-order valence-corrected chi connectivity index (χ2v) is 14.3. The van der Waals surface area contributed by atoms with Crippen molar-refractivity contribution in [2.45, 2.75) is 117 Å². The third kappa shape index (κ3) is 6.20. The molecule has 0 radical (unpaired) electrons. The third-order valence-electron chi connectivity index (χ3n) is 9.90. The number of nitrogens with zero attached hydrogens (tertiary/aromatic N) is 2. The van der Waals surface area contributed by atoms with Gasteiger partial charge in [-0.15, -0.1) is 0 Å². The van der Waals surface area contributed by atoms with E-state index in [1.54, 1.807) is 27.7 Å². The Morgan fingerprint density at radius 1 is 1.06 bits per heavy atom. The zero-order valence-corrected chi connectivity index (χ0v) is 29.1. The molecule has 2 aliphatic heterocycles. The van der Waals surface area contributed by atoms with Crippen LogP contribution in [0, 0.1) is 19.3 Å². The Morgan fingerprint density at radius 2 is 1.77 bits per heavy atom. The first-order chi connectivity index (χ1) is 22.7. The van der Waals surface area contributed by atoms with Crippen LogP contribution < -0.4 is 15.4 Å². The number of urea groups is 1. The lowest BCUT2D eigenvalue weighted by molar-refractivity contribution is -0.176. The van der Waals surface area contributed by atoms with E-state index in [9.17, 15) is 24.0 Å². The van der Waals surface area contributed by atoms with Gasteiger partial charge >= 0.3 is 6.03 Å². The maximum atomic E-state index is 14.2. The molecular formula is C37H48N4O7. The van der Waals surface area contributed by atoms with Gasteiger partial charge in [0.25, 0.3) is 17.7 Å². The number of Topliss-reactive ketones (excluding diaryl/α,β-unsaturated/α-hetero) is 1. The molecule has 5 unspecified atom stereocenters. The van der Waals surface area contributed by atoms with Gasteiger partial charge in [0.15, 0.2) is 11.8 Å². The van der Waals surface area contributed by atoms with E-state index in [1.807, 2.05) is 69.3 Å². The number of benzene rings is 2. The summed E-state index contributed by atoms with van der Waals surface area (Å²) < 4.78 is 12.3. The van der Waals surface area contributed by atoms with Crippen LogP contribution in [0.15, 0.2) is 48.5 Å². The summed E-state index contributed by atoms with van der Waals surface area (Å²) in [4.78, 5) is 71.4. The Morgan fingerprint density at radius 3 is 2.38 bits per heavy atom. The van der Waals surface area contributed by atoms with Crippen molar-refractivity contribution in [2.75, 3.05) is 6.61 Å². The van der Waals surface area contributed by atoms with Crippen LogP contribution in [-0.4, -0.2) is 75.4 Å². The molecule has 5 amide bonds. The molecular weight excluding hydrogens is 612 g/mol. The van der Waals surface area contributed by atoms with Crippen LogP contribution in [0.2, 0.25) is 0 Å². The molecule has 2 aromatic carbocycles. The minimum absolute atomic E-state index is 0.0645. The lowest BCUT2D eigenvalue weighted by Gasteiger charge is -2.60. The Balaban J connectivity index is 1.41. The molecule has 11 heteroatoms. The molecule has 2 N–H and O–H groups in total. The number of imide groups is 1. The van der Waals surface area contributed by atoms with Gasteiger partial charge in [-0.1, -0.05) is 75.7 Å². The van der Waals surface area contributed by atoms with Gasteiger partial charge in [0.05, 0.1) is 12.1 Å². The van der Waals surface area contributed by atoms with Crippen LogP contribution in [0.25, 0.3) is 0 Å². The van der Waals surface area contributed by atoms with Crippen molar-refractivity contribution in [3.05, 3.63) is 65.2 Å². The molecule has 3 fully saturated rings. The van der Waals surface area contributed by atoms with Crippen molar-refractivity contribution in [3.8, 4) is 5.75 Å². The second-order valence-electron chi connectivity index (χ2n) is 14.3. The summed E-state index contributed by atoms with van der Waals surface area (Å²) in [6.45, 7) is 12.8. The Labute approximate surface area is 282 Å². The van der Waals surface area contributed by atoms with E-state index < -0.39 is 58.5 Å². The van der Waals surface area contributed by atoms with Gasteiger partial charge in [0, 0.05) is 18.1 Å². The molecule has 1 saturated carbocycles. The minimum atomic E-state index is -1.70. The zero-order chi connectivity index (χ0) is 35.0. The van der Waals surface area contributed by atoms with Crippen molar-refractivity contribution in [2.24, 2.45) is 5.41 Å². The average molecular weight is 661 g/mol. The molecule has 1 spiro atoms. The number of rotatable bonds is 11. The highest BCUT2D eigenvalue weighted by Crippen LogP contribution is 2.48. The monoisotopic (exact) mass is 660 g/mol. The Hall–Kier alpha value is -4.25. The summed E-state index contributed by atoms with van der Waals surface area (Å²) in [6, 6.07) is 12.1. The maximum Gasteiger partial charge on any atom is 0.330 e. The third-order valence-corrected chi connectivity index (χ3v) is 9.90. The summed E-state index contributed by atoms with van der Waals surface area (Å²) >= 11 is 0. The normalized spacial score (nSPS) is 26.3. The molecule has 3 aliphatic rings. The Kier molecular flexibility index (Phi) is 9.74. The van der Waals surface area contributed by atoms with Gasteiger partial charge in [-0.05, 0) is 70.1 Å². The van der Waals surface area contributed by atoms with Crippen LogP contribution in [-0.2, 0) is 30.5 Å². The number of nitrogens with one attached hydrogen (secondary N) is 2. The molecule has 5 atom stereocenters. The van der Waals surface area contributed by atoms with E-state index in [2.05, 4.69) is 10.6 Å². The van der Waals surface area contributed by atoms with Crippen molar-refractivity contribution < 1.29 is 33.4 Å². The van der Waals surface area contributed by atoms with E-state index in [-0.39, 0.29) is 19.1 Å². The van der Waals surface area contributed by atoms with E-state index in [4.69, 9.17) is 9.47 Å². The minimum Gasteiger partial charge on any atom is -0.475 e. The molecule has 0 aromatic heterocycles. The second kappa shape index (κ2) is 13.3. The highest BCUT2D eigenvalue weighted by Gasteiger charge is 2.68. The van der Waals surface area contributed by atoms with E-state index in [0.717, 1.165) is 21.6 Å². The number of aryl methyl sites for hydroxylation is 2. The molecule has 0 bridgehead atoms. The highest BCUT2D eigenvalue weighted by molar-refractivity contribution is 6.16. The van der Waals surface area contributed by atoms with Gasteiger partial charge in [0.1, 0.15) is 5.75 Å². The fraction of sp³-hybridized carbons (Fsp3) is 0.541. The number of carbonyl (C=O) groups excluding carboxylic acids is 5. The summed E-state index contributed by atoms with van der Waals surface area (Å²) in [5, 5.41) is 6.14. The summed E-state index contributed by atoms with van der Waals surface area (Å²) in [5.41, 5.74) is -0.158. The van der Waals surface area contributed by atoms with Gasteiger partial charge in [-0.3, -0.25) is 24.1 Å². The number of carbonyl (C=O) groups is 5. The summed E-state index contributed by atoms with van der Waals surface area (Å²) in [7, 11) is 0. The quantitative estimate of drug-likeness (QED) is 0.205. The number of β-lactam (4-membered cyclic amide) rings is 1. The van der Waals surface area contributed by atoms with Crippen LogP contribution in [0.4, 0.5) is 4.79 Å². The van der Waals surface area contributed by atoms with Gasteiger partial charge in [0.2, 0.25) is 11.8 Å². The van der Waals surface area contributed by atoms with E-state index in [1.165, 1.54) is 4.90 Å².